The van der Waals surface area contributed by atoms with Crippen LogP contribution in [-0.2, 0) is 0 Å². The smallest absolute Gasteiger partial charge is 0.0795 e. The lowest BCUT2D eigenvalue weighted by molar-refractivity contribution is 0.262. The van der Waals surface area contributed by atoms with Crippen molar-refractivity contribution in [2.75, 3.05) is 0 Å². The summed E-state index contributed by atoms with van der Waals surface area (Å²) in [6.07, 6.45) is 5.49. The number of thiazole rings is 1. The fraction of sp³-hybridized carbons (Fsp3) is 0.750. The van der Waals surface area contributed by atoms with E-state index in [0.717, 1.165) is 5.92 Å². The normalized spacial score (nSPS) is 28.9. The molecule has 2 nitrogen and oxygen atoms in total. The number of aromatic nitrogens is 1. The maximum Gasteiger partial charge on any atom is 0.0795 e. The summed E-state index contributed by atoms with van der Waals surface area (Å²) >= 11 is 1.68. The molecular formula is C12H20N2S. The summed E-state index contributed by atoms with van der Waals surface area (Å²) < 4.78 is 0. The average Bonchev–Trinajstić information content (AvgIpc) is 2.74. The summed E-state index contributed by atoms with van der Waals surface area (Å²) in [5, 5.41) is 5.86. The largest absolute Gasteiger partial charge is 0.306 e. The van der Waals surface area contributed by atoms with Crippen molar-refractivity contribution in [2.45, 2.75) is 51.6 Å². The molecule has 0 spiro atoms. The van der Waals surface area contributed by atoms with Crippen LogP contribution < -0.4 is 5.32 Å². The van der Waals surface area contributed by atoms with Crippen molar-refractivity contribution >= 4 is 11.3 Å². The first-order valence-electron chi connectivity index (χ1n) is 5.91. The lowest BCUT2D eigenvalue weighted by atomic mass is 9.85. The molecule has 0 radical (unpaired) electrons. The molecule has 1 aromatic rings. The Morgan fingerprint density at radius 1 is 1.47 bits per heavy atom. The Kier molecular flexibility index (Phi) is 3.76. The lowest BCUT2D eigenvalue weighted by Crippen LogP contribution is -2.38. The summed E-state index contributed by atoms with van der Waals surface area (Å²) in [6.45, 7) is 4.58. The molecule has 15 heavy (non-hydrogen) atoms. The zero-order valence-electron chi connectivity index (χ0n) is 9.57. The Morgan fingerprint density at radius 3 is 2.93 bits per heavy atom. The van der Waals surface area contributed by atoms with Crippen LogP contribution in [0.1, 0.15) is 51.3 Å². The number of hydrogen-bond acceptors (Lipinski definition) is 3. The van der Waals surface area contributed by atoms with Gasteiger partial charge < -0.3 is 5.32 Å². The van der Waals surface area contributed by atoms with Crippen LogP contribution in [0, 0.1) is 5.92 Å². The van der Waals surface area contributed by atoms with E-state index in [1.165, 1.54) is 31.4 Å². The van der Waals surface area contributed by atoms with Crippen LogP contribution in [0.3, 0.4) is 0 Å². The molecule has 1 fully saturated rings. The molecular weight excluding hydrogens is 204 g/mol. The van der Waals surface area contributed by atoms with Crippen molar-refractivity contribution in [3.8, 4) is 0 Å². The maximum atomic E-state index is 4.36. The average molecular weight is 224 g/mol. The molecule has 1 aromatic heterocycles. The SMILES string of the molecule is CC(NC1CCCCC1C)c1cscn1. The van der Waals surface area contributed by atoms with Crippen molar-refractivity contribution in [3.63, 3.8) is 0 Å². The monoisotopic (exact) mass is 224 g/mol. The minimum absolute atomic E-state index is 0.404. The van der Waals surface area contributed by atoms with E-state index in [4.69, 9.17) is 0 Å². The van der Waals surface area contributed by atoms with Crippen LogP contribution in [-0.4, -0.2) is 11.0 Å². The summed E-state index contributed by atoms with van der Waals surface area (Å²) in [7, 11) is 0. The van der Waals surface area contributed by atoms with E-state index in [0.29, 0.717) is 12.1 Å². The van der Waals surface area contributed by atoms with Gasteiger partial charge in [-0.3, -0.25) is 0 Å². The molecule has 3 atom stereocenters. The van der Waals surface area contributed by atoms with Crippen molar-refractivity contribution in [1.82, 2.24) is 10.3 Å². The molecule has 1 heterocycles. The van der Waals surface area contributed by atoms with Crippen LogP contribution >= 0.6 is 11.3 Å². The van der Waals surface area contributed by atoms with Gasteiger partial charge in [0.1, 0.15) is 0 Å². The molecule has 3 unspecified atom stereocenters. The van der Waals surface area contributed by atoms with E-state index in [-0.39, 0.29) is 0 Å². The third-order valence-corrected chi connectivity index (χ3v) is 4.08. The van der Waals surface area contributed by atoms with Gasteiger partial charge in [0.25, 0.3) is 0 Å². The minimum Gasteiger partial charge on any atom is -0.306 e. The minimum atomic E-state index is 0.404. The second-order valence-electron chi connectivity index (χ2n) is 4.67. The van der Waals surface area contributed by atoms with Gasteiger partial charge in [-0.1, -0.05) is 19.8 Å². The highest BCUT2D eigenvalue weighted by molar-refractivity contribution is 7.07. The first kappa shape index (κ1) is 11.1. The highest BCUT2D eigenvalue weighted by atomic mass is 32.1. The second-order valence-corrected chi connectivity index (χ2v) is 5.39. The first-order valence-corrected chi connectivity index (χ1v) is 6.86. The van der Waals surface area contributed by atoms with E-state index in [1.807, 2.05) is 5.51 Å². The first-order chi connectivity index (χ1) is 7.27. The van der Waals surface area contributed by atoms with Gasteiger partial charge in [-0.05, 0) is 25.7 Å². The van der Waals surface area contributed by atoms with E-state index < -0.39 is 0 Å². The van der Waals surface area contributed by atoms with Gasteiger partial charge in [0.15, 0.2) is 0 Å². The molecule has 1 saturated carbocycles. The quantitative estimate of drug-likeness (QED) is 0.851. The molecule has 0 amide bonds. The summed E-state index contributed by atoms with van der Waals surface area (Å²) in [5.74, 6) is 0.819. The number of rotatable bonds is 3. The van der Waals surface area contributed by atoms with Crippen LogP contribution in [0.5, 0.6) is 0 Å². The third kappa shape index (κ3) is 2.79. The van der Waals surface area contributed by atoms with Crippen molar-refractivity contribution in [1.29, 1.82) is 0 Å². The van der Waals surface area contributed by atoms with Gasteiger partial charge in [0.2, 0.25) is 0 Å². The van der Waals surface area contributed by atoms with E-state index in [2.05, 4.69) is 29.5 Å². The third-order valence-electron chi connectivity index (χ3n) is 3.47. The molecule has 84 valence electrons. The van der Waals surface area contributed by atoms with Gasteiger partial charge in [-0.2, -0.15) is 0 Å². The maximum absolute atomic E-state index is 4.36. The fourth-order valence-corrected chi connectivity index (χ4v) is 3.05. The Balaban J connectivity index is 1.90. The predicted molar refractivity (Wildman–Crippen MR) is 65.1 cm³/mol. The number of hydrogen-bond donors (Lipinski definition) is 1. The van der Waals surface area contributed by atoms with E-state index in [9.17, 15) is 0 Å². The summed E-state index contributed by atoms with van der Waals surface area (Å²) in [4.78, 5) is 4.36. The predicted octanol–water partition coefficient (Wildman–Crippen LogP) is 3.37. The molecule has 1 aliphatic rings. The number of nitrogens with zero attached hydrogens (tertiary/aromatic N) is 1. The molecule has 1 N–H and O–H groups in total. The van der Waals surface area contributed by atoms with Crippen molar-refractivity contribution in [2.24, 2.45) is 5.92 Å². The number of nitrogens with one attached hydrogen (secondary N) is 1. The zero-order valence-corrected chi connectivity index (χ0v) is 10.4. The molecule has 2 rings (SSSR count). The molecule has 3 heteroatoms. The highest BCUT2D eigenvalue weighted by Crippen LogP contribution is 2.26. The van der Waals surface area contributed by atoms with Gasteiger partial charge in [-0.25, -0.2) is 4.98 Å². The standard InChI is InChI=1S/C12H20N2S/c1-9-5-3-4-6-11(9)14-10(2)12-7-15-8-13-12/h7-11,14H,3-6H2,1-2H3. The van der Waals surface area contributed by atoms with Gasteiger partial charge in [0, 0.05) is 17.5 Å². The fourth-order valence-electron chi connectivity index (χ4n) is 2.41. The molecule has 0 aromatic carbocycles. The topological polar surface area (TPSA) is 24.9 Å². The Hall–Kier alpha value is -0.410. The van der Waals surface area contributed by atoms with Gasteiger partial charge in [0.05, 0.1) is 11.2 Å². The Bertz CT molecular complexity index is 284. The Labute approximate surface area is 96.1 Å². The van der Waals surface area contributed by atoms with Gasteiger partial charge >= 0.3 is 0 Å². The van der Waals surface area contributed by atoms with E-state index >= 15 is 0 Å². The Morgan fingerprint density at radius 2 is 2.27 bits per heavy atom. The van der Waals surface area contributed by atoms with E-state index in [1.54, 1.807) is 11.3 Å². The van der Waals surface area contributed by atoms with Crippen LogP contribution in [0.2, 0.25) is 0 Å². The molecule has 0 aliphatic heterocycles. The zero-order chi connectivity index (χ0) is 10.7. The molecule has 0 saturated heterocycles. The van der Waals surface area contributed by atoms with Crippen molar-refractivity contribution < 1.29 is 0 Å². The van der Waals surface area contributed by atoms with Crippen LogP contribution in [0.4, 0.5) is 0 Å². The van der Waals surface area contributed by atoms with Crippen molar-refractivity contribution in [3.05, 3.63) is 16.6 Å². The van der Waals surface area contributed by atoms with Crippen LogP contribution in [0.25, 0.3) is 0 Å². The summed E-state index contributed by atoms with van der Waals surface area (Å²) in [6, 6.07) is 1.09. The molecule has 1 aliphatic carbocycles. The lowest BCUT2D eigenvalue weighted by Gasteiger charge is -2.31. The van der Waals surface area contributed by atoms with Crippen LogP contribution in [0.15, 0.2) is 10.9 Å². The van der Waals surface area contributed by atoms with Gasteiger partial charge in [-0.15, -0.1) is 11.3 Å². The highest BCUT2D eigenvalue weighted by Gasteiger charge is 2.23. The summed E-state index contributed by atoms with van der Waals surface area (Å²) in [5.41, 5.74) is 3.11. The molecule has 0 bridgehead atoms. The second kappa shape index (κ2) is 5.08.